The Kier molecular flexibility index (Phi) is 4.42. The number of anilines is 3. The highest BCUT2D eigenvalue weighted by Crippen LogP contribution is 2.23. The minimum absolute atomic E-state index is 0.342. The number of cyclic esters (lactones) is 1. The molecule has 0 radical (unpaired) electrons. The van der Waals surface area contributed by atoms with Crippen molar-refractivity contribution in [2.45, 2.75) is 13.5 Å². The van der Waals surface area contributed by atoms with Crippen LogP contribution >= 0.6 is 0 Å². The van der Waals surface area contributed by atoms with Crippen LogP contribution < -0.4 is 15.5 Å². The number of rotatable bonds is 4. The summed E-state index contributed by atoms with van der Waals surface area (Å²) < 4.78 is 7.10. The van der Waals surface area contributed by atoms with Crippen LogP contribution in [0.2, 0.25) is 0 Å². The van der Waals surface area contributed by atoms with Gasteiger partial charge >= 0.3 is 12.1 Å². The molecule has 0 spiro atoms. The van der Waals surface area contributed by atoms with Gasteiger partial charge in [-0.2, -0.15) is 0 Å². The summed E-state index contributed by atoms with van der Waals surface area (Å²) in [5, 5.41) is 6.72. The molecule has 7 heteroatoms. The molecule has 3 amide bonds. The molecule has 3 aromatic rings. The SMILES string of the molecule is CCn1ccc2cc(NC(=O)Nc3cccc(N4CCOC4=O)c3)ccc21. The molecule has 0 atom stereocenters. The second kappa shape index (κ2) is 7.03. The molecule has 2 N–H and O–H groups in total. The lowest BCUT2D eigenvalue weighted by molar-refractivity contribution is 0.181. The number of carbonyl (C=O) groups is 2. The zero-order valence-electron chi connectivity index (χ0n) is 14.9. The van der Waals surface area contributed by atoms with Gasteiger partial charge < -0.3 is 19.9 Å². The third kappa shape index (κ3) is 3.44. The van der Waals surface area contributed by atoms with Crippen molar-refractivity contribution in [1.82, 2.24) is 4.57 Å². The lowest BCUT2D eigenvalue weighted by Gasteiger charge is -2.14. The maximum atomic E-state index is 12.3. The number of hydrogen-bond acceptors (Lipinski definition) is 3. The molecular weight excluding hydrogens is 344 g/mol. The van der Waals surface area contributed by atoms with E-state index >= 15 is 0 Å². The van der Waals surface area contributed by atoms with Gasteiger partial charge in [-0.3, -0.25) is 4.90 Å². The van der Waals surface area contributed by atoms with E-state index < -0.39 is 0 Å². The minimum Gasteiger partial charge on any atom is -0.447 e. The van der Waals surface area contributed by atoms with Gasteiger partial charge in [-0.1, -0.05) is 6.07 Å². The fourth-order valence-electron chi connectivity index (χ4n) is 3.23. The second-order valence-corrected chi connectivity index (χ2v) is 6.27. The maximum Gasteiger partial charge on any atom is 0.414 e. The molecule has 0 bridgehead atoms. The van der Waals surface area contributed by atoms with Crippen molar-refractivity contribution >= 4 is 40.1 Å². The summed E-state index contributed by atoms with van der Waals surface area (Å²) in [7, 11) is 0. The molecule has 1 fully saturated rings. The highest BCUT2D eigenvalue weighted by atomic mass is 16.6. The maximum absolute atomic E-state index is 12.3. The Balaban J connectivity index is 1.45. The number of ether oxygens (including phenoxy) is 1. The number of fused-ring (bicyclic) bond motifs is 1. The van der Waals surface area contributed by atoms with Crippen LogP contribution in [-0.4, -0.2) is 29.8 Å². The van der Waals surface area contributed by atoms with Crippen molar-refractivity contribution in [2.24, 2.45) is 0 Å². The number of benzene rings is 2. The molecule has 2 aromatic carbocycles. The van der Waals surface area contributed by atoms with Crippen molar-refractivity contribution in [3.8, 4) is 0 Å². The smallest absolute Gasteiger partial charge is 0.414 e. The van der Waals surface area contributed by atoms with Gasteiger partial charge in [0.2, 0.25) is 0 Å². The fourth-order valence-corrected chi connectivity index (χ4v) is 3.23. The number of amides is 3. The Bertz CT molecular complexity index is 1010. The van der Waals surface area contributed by atoms with Crippen molar-refractivity contribution in [1.29, 1.82) is 0 Å². The Labute approximate surface area is 156 Å². The van der Waals surface area contributed by atoms with Gasteiger partial charge in [0.25, 0.3) is 0 Å². The number of aromatic nitrogens is 1. The molecular formula is C20H20N4O3. The van der Waals surface area contributed by atoms with Crippen LogP contribution in [0.3, 0.4) is 0 Å². The number of aryl methyl sites for hydroxylation is 1. The summed E-state index contributed by atoms with van der Waals surface area (Å²) in [4.78, 5) is 25.6. The standard InChI is InChI=1S/C20H20N4O3/c1-2-23-9-8-14-12-16(6-7-18(14)23)22-19(25)21-15-4-3-5-17(13-15)24-10-11-27-20(24)26/h3-9,12-13H,2,10-11H2,1H3,(H2,21,22,25). The summed E-state index contributed by atoms with van der Waals surface area (Å²) in [6, 6.07) is 14.6. The first-order valence-electron chi connectivity index (χ1n) is 8.85. The first-order valence-corrected chi connectivity index (χ1v) is 8.85. The average molecular weight is 364 g/mol. The second-order valence-electron chi connectivity index (χ2n) is 6.27. The predicted octanol–water partition coefficient (Wildman–Crippen LogP) is 4.26. The van der Waals surface area contributed by atoms with E-state index in [9.17, 15) is 9.59 Å². The molecule has 1 aliphatic heterocycles. The molecule has 1 aromatic heterocycles. The van der Waals surface area contributed by atoms with Crippen molar-refractivity contribution in [3.63, 3.8) is 0 Å². The van der Waals surface area contributed by atoms with Crippen molar-refractivity contribution < 1.29 is 14.3 Å². The number of nitrogens with one attached hydrogen (secondary N) is 2. The highest BCUT2D eigenvalue weighted by Gasteiger charge is 2.23. The van der Waals surface area contributed by atoms with Crippen LogP contribution in [0, 0.1) is 0 Å². The first-order chi connectivity index (χ1) is 13.1. The normalized spacial score (nSPS) is 13.7. The topological polar surface area (TPSA) is 75.6 Å². The third-order valence-electron chi connectivity index (χ3n) is 4.55. The minimum atomic E-state index is -0.371. The van der Waals surface area contributed by atoms with Gasteiger partial charge in [0, 0.05) is 40.7 Å². The van der Waals surface area contributed by atoms with E-state index in [1.54, 1.807) is 18.2 Å². The van der Waals surface area contributed by atoms with E-state index in [0.29, 0.717) is 30.2 Å². The number of nitrogens with zero attached hydrogens (tertiary/aromatic N) is 2. The van der Waals surface area contributed by atoms with Crippen LogP contribution in [0.4, 0.5) is 26.7 Å². The summed E-state index contributed by atoms with van der Waals surface area (Å²) in [6.45, 7) is 3.87. The van der Waals surface area contributed by atoms with Crippen molar-refractivity contribution in [3.05, 3.63) is 54.7 Å². The van der Waals surface area contributed by atoms with E-state index in [2.05, 4.69) is 22.1 Å². The summed E-state index contributed by atoms with van der Waals surface area (Å²) in [6.07, 6.45) is 1.66. The van der Waals surface area contributed by atoms with Crippen molar-refractivity contribution in [2.75, 3.05) is 28.7 Å². The van der Waals surface area contributed by atoms with Crippen LogP contribution in [-0.2, 0) is 11.3 Å². The van der Waals surface area contributed by atoms with E-state index in [4.69, 9.17) is 4.74 Å². The molecule has 1 saturated heterocycles. The van der Waals surface area contributed by atoms with Gasteiger partial charge in [0.15, 0.2) is 0 Å². The molecule has 138 valence electrons. The monoisotopic (exact) mass is 364 g/mol. The molecule has 1 aliphatic rings. The lowest BCUT2D eigenvalue weighted by Crippen LogP contribution is -2.24. The van der Waals surface area contributed by atoms with Crippen LogP contribution in [0.25, 0.3) is 10.9 Å². The van der Waals surface area contributed by atoms with Gasteiger partial charge in [0.1, 0.15) is 6.61 Å². The van der Waals surface area contributed by atoms with E-state index in [-0.39, 0.29) is 12.1 Å². The Morgan fingerprint density at radius 2 is 1.93 bits per heavy atom. The quantitative estimate of drug-likeness (QED) is 0.726. The molecule has 0 saturated carbocycles. The Hall–Kier alpha value is -3.48. The molecule has 7 nitrogen and oxygen atoms in total. The van der Waals surface area contributed by atoms with Gasteiger partial charge in [0.05, 0.1) is 6.54 Å². The van der Waals surface area contributed by atoms with Gasteiger partial charge in [-0.05, 0) is 49.4 Å². The number of urea groups is 1. The zero-order chi connectivity index (χ0) is 18.8. The van der Waals surface area contributed by atoms with E-state index in [1.807, 2.05) is 36.5 Å². The molecule has 27 heavy (non-hydrogen) atoms. The molecule has 4 rings (SSSR count). The van der Waals surface area contributed by atoms with Gasteiger partial charge in [-0.15, -0.1) is 0 Å². The highest BCUT2D eigenvalue weighted by molar-refractivity contribution is 6.01. The summed E-state index contributed by atoms with van der Waals surface area (Å²) in [5.74, 6) is 0. The first kappa shape index (κ1) is 17.0. The molecule has 2 heterocycles. The average Bonchev–Trinajstić information content (AvgIpc) is 3.27. The Morgan fingerprint density at radius 1 is 1.11 bits per heavy atom. The third-order valence-corrected chi connectivity index (χ3v) is 4.55. The van der Waals surface area contributed by atoms with E-state index in [1.165, 1.54) is 4.90 Å². The number of hydrogen-bond donors (Lipinski definition) is 2. The Morgan fingerprint density at radius 3 is 2.67 bits per heavy atom. The fraction of sp³-hybridized carbons (Fsp3) is 0.200. The molecule has 0 unspecified atom stereocenters. The van der Waals surface area contributed by atoms with Crippen LogP contribution in [0.5, 0.6) is 0 Å². The summed E-state index contributed by atoms with van der Waals surface area (Å²) >= 11 is 0. The van der Waals surface area contributed by atoms with Gasteiger partial charge in [-0.25, -0.2) is 9.59 Å². The lowest BCUT2D eigenvalue weighted by atomic mass is 10.2. The number of carbonyl (C=O) groups excluding carboxylic acids is 2. The zero-order valence-corrected chi connectivity index (χ0v) is 14.9. The van der Waals surface area contributed by atoms with E-state index in [0.717, 1.165) is 17.4 Å². The predicted molar refractivity (Wildman–Crippen MR) is 105 cm³/mol. The van der Waals surface area contributed by atoms with Crippen LogP contribution in [0.15, 0.2) is 54.7 Å². The molecule has 0 aliphatic carbocycles. The largest absolute Gasteiger partial charge is 0.447 e. The van der Waals surface area contributed by atoms with Crippen LogP contribution in [0.1, 0.15) is 6.92 Å². The summed E-state index contributed by atoms with van der Waals surface area (Å²) in [5.41, 5.74) is 3.14.